The van der Waals surface area contributed by atoms with Crippen molar-refractivity contribution in [2.75, 3.05) is 19.0 Å². The highest BCUT2D eigenvalue weighted by atomic mass is 16.5. The van der Waals surface area contributed by atoms with Crippen LogP contribution >= 0.6 is 0 Å². The third-order valence-corrected chi connectivity index (χ3v) is 2.67. The molecule has 0 fully saturated rings. The standard InChI is InChI=1S/C15H18N2O/c1-3-7-18-15-9-13(10-17-11-15)12-5-4-6-14(8-12)16-2/h4-6,8-11,16H,3,7H2,1-2H3. The zero-order chi connectivity index (χ0) is 12.8. The Kier molecular flexibility index (Phi) is 4.18. The lowest BCUT2D eigenvalue weighted by atomic mass is 10.1. The van der Waals surface area contributed by atoms with Gasteiger partial charge in [-0.15, -0.1) is 0 Å². The van der Waals surface area contributed by atoms with E-state index in [1.54, 1.807) is 6.20 Å². The van der Waals surface area contributed by atoms with Crippen LogP contribution in [-0.2, 0) is 0 Å². The Hall–Kier alpha value is -2.03. The number of hydrogen-bond acceptors (Lipinski definition) is 3. The van der Waals surface area contributed by atoms with Crippen molar-refractivity contribution in [1.82, 2.24) is 4.98 Å². The van der Waals surface area contributed by atoms with Crippen LogP contribution in [0.1, 0.15) is 13.3 Å². The van der Waals surface area contributed by atoms with E-state index in [4.69, 9.17) is 4.74 Å². The van der Waals surface area contributed by atoms with Crippen LogP contribution in [0.3, 0.4) is 0 Å². The van der Waals surface area contributed by atoms with Crippen molar-refractivity contribution in [1.29, 1.82) is 0 Å². The molecule has 0 radical (unpaired) electrons. The van der Waals surface area contributed by atoms with E-state index in [9.17, 15) is 0 Å². The SMILES string of the molecule is CCCOc1cncc(-c2cccc(NC)c2)c1. The lowest BCUT2D eigenvalue weighted by molar-refractivity contribution is 0.316. The Labute approximate surface area is 108 Å². The number of hydrogen-bond donors (Lipinski definition) is 1. The van der Waals surface area contributed by atoms with Gasteiger partial charge in [-0.25, -0.2) is 0 Å². The Morgan fingerprint density at radius 3 is 2.83 bits per heavy atom. The molecule has 0 aliphatic carbocycles. The fourth-order valence-electron chi connectivity index (χ4n) is 1.73. The first-order valence-electron chi connectivity index (χ1n) is 6.19. The van der Waals surface area contributed by atoms with E-state index in [2.05, 4.69) is 29.4 Å². The minimum Gasteiger partial charge on any atom is -0.492 e. The largest absolute Gasteiger partial charge is 0.492 e. The smallest absolute Gasteiger partial charge is 0.138 e. The molecule has 0 saturated carbocycles. The lowest BCUT2D eigenvalue weighted by Crippen LogP contribution is -1.95. The Morgan fingerprint density at radius 1 is 1.17 bits per heavy atom. The minimum atomic E-state index is 0.724. The van der Waals surface area contributed by atoms with Crippen LogP contribution in [0, 0.1) is 0 Å². The Balaban J connectivity index is 2.26. The predicted octanol–water partition coefficient (Wildman–Crippen LogP) is 3.58. The van der Waals surface area contributed by atoms with Crippen LogP contribution in [-0.4, -0.2) is 18.6 Å². The van der Waals surface area contributed by atoms with Gasteiger partial charge >= 0.3 is 0 Å². The molecule has 3 nitrogen and oxygen atoms in total. The van der Waals surface area contributed by atoms with Gasteiger partial charge in [-0.3, -0.25) is 4.98 Å². The van der Waals surface area contributed by atoms with Gasteiger partial charge in [0.25, 0.3) is 0 Å². The van der Waals surface area contributed by atoms with E-state index in [1.807, 2.05) is 31.4 Å². The molecular formula is C15H18N2O. The summed E-state index contributed by atoms with van der Waals surface area (Å²) in [5.74, 6) is 0.823. The molecule has 0 unspecified atom stereocenters. The summed E-state index contributed by atoms with van der Waals surface area (Å²) in [6.07, 6.45) is 4.61. The number of ether oxygens (including phenoxy) is 1. The maximum atomic E-state index is 5.60. The van der Waals surface area contributed by atoms with Crippen LogP contribution in [0.5, 0.6) is 5.75 Å². The molecule has 0 atom stereocenters. The normalized spacial score (nSPS) is 10.1. The summed E-state index contributed by atoms with van der Waals surface area (Å²) in [4.78, 5) is 4.22. The Morgan fingerprint density at radius 2 is 2.06 bits per heavy atom. The van der Waals surface area contributed by atoms with Gasteiger partial charge in [0.2, 0.25) is 0 Å². The summed E-state index contributed by atoms with van der Waals surface area (Å²) >= 11 is 0. The molecule has 1 N–H and O–H groups in total. The molecule has 2 aromatic rings. The molecule has 1 aromatic carbocycles. The third kappa shape index (κ3) is 3.00. The molecule has 1 aromatic heterocycles. The number of nitrogens with zero attached hydrogens (tertiary/aromatic N) is 1. The van der Waals surface area contributed by atoms with Crippen molar-refractivity contribution >= 4 is 5.69 Å². The minimum absolute atomic E-state index is 0.724. The van der Waals surface area contributed by atoms with Gasteiger partial charge in [0.05, 0.1) is 12.8 Å². The van der Waals surface area contributed by atoms with Crippen molar-refractivity contribution in [2.24, 2.45) is 0 Å². The highest BCUT2D eigenvalue weighted by Crippen LogP contribution is 2.24. The molecule has 0 spiro atoms. The van der Waals surface area contributed by atoms with Crippen LogP contribution < -0.4 is 10.1 Å². The van der Waals surface area contributed by atoms with Crippen molar-refractivity contribution in [3.05, 3.63) is 42.7 Å². The average Bonchev–Trinajstić information content (AvgIpc) is 2.45. The Bertz CT molecular complexity index is 511. The average molecular weight is 242 g/mol. The molecular weight excluding hydrogens is 224 g/mol. The number of nitrogens with one attached hydrogen (secondary N) is 1. The van der Waals surface area contributed by atoms with Gasteiger partial charge in [-0.1, -0.05) is 19.1 Å². The molecule has 2 rings (SSSR count). The summed E-state index contributed by atoms with van der Waals surface area (Å²) in [6, 6.07) is 10.3. The first kappa shape index (κ1) is 12.4. The molecule has 18 heavy (non-hydrogen) atoms. The molecule has 0 saturated heterocycles. The number of rotatable bonds is 5. The lowest BCUT2D eigenvalue weighted by Gasteiger charge is -2.08. The second-order valence-electron chi connectivity index (χ2n) is 4.09. The second-order valence-corrected chi connectivity index (χ2v) is 4.09. The topological polar surface area (TPSA) is 34.1 Å². The van der Waals surface area contributed by atoms with Gasteiger partial charge < -0.3 is 10.1 Å². The molecule has 3 heteroatoms. The third-order valence-electron chi connectivity index (χ3n) is 2.67. The predicted molar refractivity (Wildman–Crippen MR) is 75.0 cm³/mol. The van der Waals surface area contributed by atoms with E-state index in [0.29, 0.717) is 0 Å². The van der Waals surface area contributed by atoms with Gasteiger partial charge in [-0.05, 0) is 30.2 Å². The maximum absolute atomic E-state index is 5.60. The summed E-state index contributed by atoms with van der Waals surface area (Å²) in [7, 11) is 1.91. The monoisotopic (exact) mass is 242 g/mol. The summed E-state index contributed by atoms with van der Waals surface area (Å²) < 4.78 is 5.60. The van der Waals surface area contributed by atoms with Crippen LogP contribution in [0.2, 0.25) is 0 Å². The zero-order valence-corrected chi connectivity index (χ0v) is 10.8. The van der Waals surface area contributed by atoms with Gasteiger partial charge in [0.15, 0.2) is 0 Å². The van der Waals surface area contributed by atoms with Crippen molar-refractivity contribution in [2.45, 2.75) is 13.3 Å². The molecule has 0 aliphatic heterocycles. The quantitative estimate of drug-likeness (QED) is 0.870. The van der Waals surface area contributed by atoms with E-state index >= 15 is 0 Å². The van der Waals surface area contributed by atoms with E-state index in [0.717, 1.165) is 35.6 Å². The van der Waals surface area contributed by atoms with E-state index in [1.165, 1.54) is 0 Å². The summed E-state index contributed by atoms with van der Waals surface area (Å²) in [5.41, 5.74) is 3.30. The van der Waals surface area contributed by atoms with Gasteiger partial charge in [0.1, 0.15) is 5.75 Å². The first-order chi connectivity index (χ1) is 8.83. The molecule has 0 amide bonds. The summed E-state index contributed by atoms with van der Waals surface area (Å²) in [5, 5.41) is 3.13. The first-order valence-corrected chi connectivity index (χ1v) is 6.19. The van der Waals surface area contributed by atoms with E-state index in [-0.39, 0.29) is 0 Å². The van der Waals surface area contributed by atoms with E-state index < -0.39 is 0 Å². The second kappa shape index (κ2) is 6.05. The molecule has 0 bridgehead atoms. The highest BCUT2D eigenvalue weighted by Gasteiger charge is 2.01. The zero-order valence-electron chi connectivity index (χ0n) is 10.8. The van der Waals surface area contributed by atoms with Crippen molar-refractivity contribution < 1.29 is 4.74 Å². The van der Waals surface area contributed by atoms with Crippen molar-refractivity contribution in [3.8, 4) is 16.9 Å². The number of aromatic nitrogens is 1. The van der Waals surface area contributed by atoms with Gasteiger partial charge in [0, 0.05) is 24.5 Å². The van der Waals surface area contributed by atoms with Crippen LogP contribution in [0.15, 0.2) is 42.7 Å². The number of pyridine rings is 1. The fraction of sp³-hybridized carbons (Fsp3) is 0.267. The fourth-order valence-corrected chi connectivity index (χ4v) is 1.73. The molecule has 0 aliphatic rings. The molecule has 1 heterocycles. The van der Waals surface area contributed by atoms with Gasteiger partial charge in [-0.2, -0.15) is 0 Å². The van der Waals surface area contributed by atoms with Crippen LogP contribution in [0.25, 0.3) is 11.1 Å². The summed E-state index contributed by atoms with van der Waals surface area (Å²) in [6.45, 7) is 2.81. The van der Waals surface area contributed by atoms with Crippen LogP contribution in [0.4, 0.5) is 5.69 Å². The highest BCUT2D eigenvalue weighted by molar-refractivity contribution is 5.68. The van der Waals surface area contributed by atoms with Crippen molar-refractivity contribution in [3.63, 3.8) is 0 Å². The number of benzene rings is 1. The maximum Gasteiger partial charge on any atom is 0.138 e. The molecule has 94 valence electrons. The number of anilines is 1.